The monoisotopic (exact) mass is 278 g/mol. The Bertz CT molecular complexity index is 409. The zero-order chi connectivity index (χ0) is 14.4. The van der Waals surface area contributed by atoms with Gasteiger partial charge in [-0.05, 0) is 46.1 Å². The molecule has 1 unspecified atom stereocenters. The van der Waals surface area contributed by atoms with Crippen molar-refractivity contribution in [3.05, 3.63) is 24.0 Å². The van der Waals surface area contributed by atoms with Crippen LogP contribution in [0, 0.1) is 0 Å². The lowest BCUT2D eigenvalue weighted by Gasteiger charge is -2.23. The molecular formula is C16H26N2O2. The summed E-state index contributed by atoms with van der Waals surface area (Å²) >= 11 is 0. The quantitative estimate of drug-likeness (QED) is 0.899. The molecule has 1 saturated heterocycles. The number of ether oxygens (including phenoxy) is 2. The van der Waals surface area contributed by atoms with Crippen molar-refractivity contribution in [1.82, 2.24) is 10.3 Å². The second kappa shape index (κ2) is 7.04. The fourth-order valence-electron chi connectivity index (χ4n) is 2.13. The van der Waals surface area contributed by atoms with Gasteiger partial charge >= 0.3 is 0 Å². The molecule has 1 aromatic heterocycles. The van der Waals surface area contributed by atoms with Gasteiger partial charge in [-0.1, -0.05) is 0 Å². The lowest BCUT2D eigenvalue weighted by atomic mass is 10.1. The summed E-state index contributed by atoms with van der Waals surface area (Å²) in [5.41, 5.74) is 1.09. The van der Waals surface area contributed by atoms with E-state index < -0.39 is 0 Å². The van der Waals surface area contributed by atoms with Gasteiger partial charge in [-0.15, -0.1) is 0 Å². The molecular weight excluding hydrogens is 252 g/mol. The topological polar surface area (TPSA) is 43.4 Å². The van der Waals surface area contributed by atoms with Gasteiger partial charge in [0, 0.05) is 31.0 Å². The third kappa shape index (κ3) is 5.47. The molecule has 0 bridgehead atoms. The summed E-state index contributed by atoms with van der Waals surface area (Å²) in [5.74, 6) is 0.875. The second-order valence-corrected chi connectivity index (χ2v) is 6.39. The second-order valence-electron chi connectivity index (χ2n) is 6.39. The van der Waals surface area contributed by atoms with Gasteiger partial charge in [0.05, 0.1) is 11.8 Å². The zero-order valence-electron chi connectivity index (χ0n) is 12.8. The lowest BCUT2D eigenvalue weighted by Crippen LogP contribution is -2.35. The fraction of sp³-hybridized carbons (Fsp3) is 0.688. The molecule has 1 fully saturated rings. The van der Waals surface area contributed by atoms with Crippen LogP contribution >= 0.6 is 0 Å². The Balaban J connectivity index is 1.82. The Labute approximate surface area is 121 Å². The molecule has 0 saturated carbocycles. The van der Waals surface area contributed by atoms with E-state index in [2.05, 4.69) is 31.1 Å². The highest BCUT2D eigenvalue weighted by molar-refractivity contribution is 5.22. The highest BCUT2D eigenvalue weighted by Gasteiger charge is 2.14. The van der Waals surface area contributed by atoms with Gasteiger partial charge in [0.1, 0.15) is 12.4 Å². The molecule has 1 aliphatic heterocycles. The molecule has 4 heteroatoms. The Morgan fingerprint density at radius 3 is 2.95 bits per heavy atom. The molecule has 0 aromatic carbocycles. The summed E-state index contributed by atoms with van der Waals surface area (Å²) in [6.45, 7) is 8.69. The van der Waals surface area contributed by atoms with Crippen molar-refractivity contribution < 1.29 is 9.47 Å². The number of pyridine rings is 1. The Kier molecular flexibility index (Phi) is 5.38. The van der Waals surface area contributed by atoms with E-state index in [1.165, 1.54) is 12.8 Å². The summed E-state index contributed by atoms with van der Waals surface area (Å²) in [6, 6.07) is 3.91. The van der Waals surface area contributed by atoms with E-state index in [4.69, 9.17) is 9.47 Å². The van der Waals surface area contributed by atoms with Crippen LogP contribution in [0.4, 0.5) is 0 Å². The number of nitrogens with zero attached hydrogens (tertiary/aromatic N) is 1. The summed E-state index contributed by atoms with van der Waals surface area (Å²) in [5, 5.41) is 3.43. The number of hydrogen-bond donors (Lipinski definition) is 1. The van der Waals surface area contributed by atoms with Gasteiger partial charge in [0.15, 0.2) is 0 Å². The molecule has 1 N–H and O–H groups in total. The van der Waals surface area contributed by atoms with E-state index in [-0.39, 0.29) is 11.6 Å². The van der Waals surface area contributed by atoms with Gasteiger partial charge in [-0.2, -0.15) is 0 Å². The summed E-state index contributed by atoms with van der Waals surface area (Å²) in [7, 11) is 0. The van der Waals surface area contributed by atoms with Crippen LogP contribution in [0.2, 0.25) is 0 Å². The van der Waals surface area contributed by atoms with Crippen molar-refractivity contribution in [2.45, 2.75) is 58.2 Å². The van der Waals surface area contributed by atoms with E-state index in [1.807, 2.05) is 12.1 Å². The van der Waals surface area contributed by atoms with E-state index in [9.17, 15) is 0 Å². The first-order valence-corrected chi connectivity index (χ1v) is 7.47. The van der Waals surface area contributed by atoms with Crippen LogP contribution in [-0.4, -0.2) is 29.8 Å². The normalized spacial score (nSPS) is 19.9. The van der Waals surface area contributed by atoms with Gasteiger partial charge in [-0.25, -0.2) is 0 Å². The van der Waals surface area contributed by atoms with Gasteiger partial charge in [-0.3, -0.25) is 4.98 Å². The van der Waals surface area contributed by atoms with Crippen LogP contribution in [0.1, 0.15) is 45.7 Å². The first-order valence-electron chi connectivity index (χ1n) is 7.47. The minimum atomic E-state index is 0.0917. The van der Waals surface area contributed by atoms with E-state index in [1.54, 1.807) is 6.20 Å². The van der Waals surface area contributed by atoms with Crippen molar-refractivity contribution in [3.63, 3.8) is 0 Å². The summed E-state index contributed by atoms with van der Waals surface area (Å²) in [4.78, 5) is 4.36. The minimum absolute atomic E-state index is 0.0917. The summed E-state index contributed by atoms with van der Waals surface area (Å²) < 4.78 is 11.5. The maximum atomic E-state index is 5.83. The Hall–Kier alpha value is -1.13. The predicted octanol–water partition coefficient (Wildman–Crippen LogP) is 2.92. The maximum absolute atomic E-state index is 5.83. The Morgan fingerprint density at radius 2 is 2.25 bits per heavy atom. The molecule has 2 rings (SSSR count). The third-order valence-electron chi connectivity index (χ3n) is 3.30. The number of rotatable bonds is 5. The molecule has 1 aromatic rings. The number of nitrogens with one attached hydrogen (secondary N) is 1. The van der Waals surface area contributed by atoms with Crippen LogP contribution in [-0.2, 0) is 11.3 Å². The molecule has 1 atom stereocenters. The first kappa shape index (κ1) is 15.3. The molecule has 112 valence electrons. The average molecular weight is 278 g/mol. The van der Waals surface area contributed by atoms with Crippen LogP contribution < -0.4 is 10.1 Å². The van der Waals surface area contributed by atoms with Crippen LogP contribution in [0.15, 0.2) is 18.3 Å². The molecule has 20 heavy (non-hydrogen) atoms. The largest absolute Gasteiger partial charge is 0.491 e. The molecule has 4 nitrogen and oxygen atoms in total. The average Bonchev–Trinajstić information content (AvgIpc) is 2.44. The highest BCUT2D eigenvalue weighted by atomic mass is 16.5. The van der Waals surface area contributed by atoms with E-state index in [0.717, 1.165) is 31.0 Å². The Morgan fingerprint density at radius 1 is 1.40 bits per heavy atom. The predicted molar refractivity (Wildman–Crippen MR) is 79.9 cm³/mol. The van der Waals surface area contributed by atoms with E-state index in [0.29, 0.717) is 6.61 Å². The van der Waals surface area contributed by atoms with Gasteiger partial charge in [0.2, 0.25) is 0 Å². The highest BCUT2D eigenvalue weighted by Crippen LogP contribution is 2.16. The number of aromatic nitrogens is 1. The third-order valence-corrected chi connectivity index (χ3v) is 3.30. The SMILES string of the molecule is CC(C)(C)NCc1cc(OCC2CCCCO2)ccn1. The molecule has 0 amide bonds. The molecule has 0 spiro atoms. The first-order chi connectivity index (χ1) is 9.53. The van der Waals surface area contributed by atoms with Crippen LogP contribution in [0.3, 0.4) is 0 Å². The van der Waals surface area contributed by atoms with Crippen LogP contribution in [0.5, 0.6) is 5.75 Å². The van der Waals surface area contributed by atoms with Crippen molar-refractivity contribution >= 4 is 0 Å². The molecule has 1 aliphatic rings. The van der Waals surface area contributed by atoms with E-state index >= 15 is 0 Å². The van der Waals surface area contributed by atoms with Crippen molar-refractivity contribution in [2.75, 3.05) is 13.2 Å². The van der Waals surface area contributed by atoms with Gasteiger partial charge < -0.3 is 14.8 Å². The zero-order valence-corrected chi connectivity index (χ0v) is 12.8. The molecule has 0 radical (unpaired) electrons. The maximum Gasteiger partial charge on any atom is 0.122 e. The minimum Gasteiger partial charge on any atom is -0.491 e. The van der Waals surface area contributed by atoms with Crippen LogP contribution in [0.25, 0.3) is 0 Å². The van der Waals surface area contributed by atoms with Crippen molar-refractivity contribution in [3.8, 4) is 5.75 Å². The van der Waals surface area contributed by atoms with Gasteiger partial charge in [0.25, 0.3) is 0 Å². The fourth-order valence-corrected chi connectivity index (χ4v) is 2.13. The smallest absolute Gasteiger partial charge is 0.122 e. The number of hydrogen-bond acceptors (Lipinski definition) is 4. The molecule has 2 heterocycles. The van der Waals surface area contributed by atoms with Crippen molar-refractivity contribution in [2.24, 2.45) is 0 Å². The standard InChI is InChI=1S/C16H26N2O2/c1-16(2,3)18-11-13-10-14(7-8-17-13)20-12-15-6-4-5-9-19-15/h7-8,10,15,18H,4-6,9,11-12H2,1-3H3. The lowest BCUT2D eigenvalue weighted by molar-refractivity contribution is -0.0111. The summed E-state index contributed by atoms with van der Waals surface area (Å²) in [6.07, 6.45) is 5.56. The molecule has 0 aliphatic carbocycles. The van der Waals surface area contributed by atoms with Crippen molar-refractivity contribution in [1.29, 1.82) is 0 Å².